The lowest BCUT2D eigenvalue weighted by atomic mass is 9.66. The Morgan fingerprint density at radius 2 is 1.53 bits per heavy atom. The highest BCUT2D eigenvalue weighted by Crippen LogP contribution is 2.48. The number of alkyl halides is 3. The van der Waals surface area contributed by atoms with E-state index in [0.717, 1.165) is 6.42 Å². The minimum absolute atomic E-state index is 0.0718. The van der Waals surface area contributed by atoms with Gasteiger partial charge in [0.05, 0.1) is 11.8 Å². The fourth-order valence-corrected chi connectivity index (χ4v) is 3.92. The molecule has 2 atom stereocenters. The summed E-state index contributed by atoms with van der Waals surface area (Å²) in [6, 6.07) is 0. The van der Waals surface area contributed by atoms with E-state index in [1.165, 1.54) is 0 Å². The molecule has 1 N–H and O–H groups in total. The Hall–Kier alpha value is -0.740. The van der Waals surface area contributed by atoms with Crippen molar-refractivity contribution in [3.05, 3.63) is 0 Å². The van der Waals surface area contributed by atoms with E-state index in [2.05, 4.69) is 0 Å². The molecule has 0 aromatic rings. The van der Waals surface area contributed by atoms with Crippen LogP contribution in [0.1, 0.15) is 51.4 Å². The number of carboxylic acids is 1. The molecule has 2 aliphatic carbocycles. The smallest absolute Gasteiger partial charge is 0.392 e. The molecule has 0 spiro atoms. The van der Waals surface area contributed by atoms with Gasteiger partial charge in [0.2, 0.25) is 0 Å². The van der Waals surface area contributed by atoms with E-state index in [1.807, 2.05) is 0 Å². The molecule has 2 saturated carbocycles. The summed E-state index contributed by atoms with van der Waals surface area (Å²) in [6.07, 6.45) is 0.764. The minimum atomic E-state index is -4.09. The summed E-state index contributed by atoms with van der Waals surface area (Å²) >= 11 is 0. The van der Waals surface area contributed by atoms with Gasteiger partial charge >= 0.3 is 12.1 Å². The van der Waals surface area contributed by atoms with Crippen LogP contribution in [0.2, 0.25) is 0 Å². The molecule has 5 heteroatoms. The van der Waals surface area contributed by atoms with Crippen LogP contribution < -0.4 is 0 Å². The van der Waals surface area contributed by atoms with Crippen molar-refractivity contribution in [1.29, 1.82) is 0 Å². The number of carboxylic acid groups (broad SMARTS) is 1. The molecule has 110 valence electrons. The third kappa shape index (κ3) is 3.42. The largest absolute Gasteiger partial charge is 0.481 e. The van der Waals surface area contributed by atoms with E-state index >= 15 is 0 Å². The normalized spacial score (nSPS) is 37.0. The number of halogens is 3. The Morgan fingerprint density at radius 3 is 2.05 bits per heavy atom. The first kappa shape index (κ1) is 14.7. The van der Waals surface area contributed by atoms with E-state index < -0.39 is 18.1 Å². The maximum Gasteiger partial charge on any atom is 0.392 e. The van der Waals surface area contributed by atoms with E-state index in [9.17, 15) is 18.0 Å². The summed E-state index contributed by atoms with van der Waals surface area (Å²) in [5.74, 6) is -2.50. The van der Waals surface area contributed by atoms with Gasteiger partial charge in [-0.3, -0.25) is 4.79 Å². The van der Waals surface area contributed by atoms with Gasteiger partial charge in [-0.05, 0) is 50.4 Å². The second-order valence-electron chi connectivity index (χ2n) is 6.05. The standard InChI is InChI=1S/C14H21F3O2/c15-14(16,17)12-4-2-1-3-11(12)9-5-7-10(8-6-9)13(18)19/h9-12H,1-8H2,(H,18,19). The molecule has 2 unspecified atom stereocenters. The van der Waals surface area contributed by atoms with Crippen LogP contribution >= 0.6 is 0 Å². The fraction of sp³-hybridized carbons (Fsp3) is 0.929. The molecule has 0 radical (unpaired) electrons. The zero-order chi connectivity index (χ0) is 14.0. The van der Waals surface area contributed by atoms with Gasteiger partial charge in [0, 0.05) is 0 Å². The second kappa shape index (κ2) is 5.71. The molecule has 2 rings (SSSR count). The van der Waals surface area contributed by atoms with E-state index in [4.69, 9.17) is 5.11 Å². The first-order valence-corrected chi connectivity index (χ1v) is 7.19. The highest BCUT2D eigenvalue weighted by molar-refractivity contribution is 5.69. The van der Waals surface area contributed by atoms with Gasteiger partial charge in [-0.2, -0.15) is 13.2 Å². The van der Waals surface area contributed by atoms with Crippen molar-refractivity contribution in [3.63, 3.8) is 0 Å². The van der Waals surface area contributed by atoms with Gasteiger partial charge in [-0.1, -0.05) is 12.8 Å². The number of carbonyl (C=O) groups is 1. The van der Waals surface area contributed by atoms with Crippen molar-refractivity contribution in [2.24, 2.45) is 23.7 Å². The van der Waals surface area contributed by atoms with Crippen LogP contribution in [0.25, 0.3) is 0 Å². The molecular formula is C14H21F3O2. The van der Waals surface area contributed by atoms with Crippen molar-refractivity contribution in [2.45, 2.75) is 57.5 Å². The lowest BCUT2D eigenvalue weighted by molar-refractivity contribution is -0.203. The second-order valence-corrected chi connectivity index (χ2v) is 6.05. The molecule has 0 saturated heterocycles. The van der Waals surface area contributed by atoms with Crippen LogP contribution in [0.3, 0.4) is 0 Å². The van der Waals surface area contributed by atoms with Crippen LogP contribution in [0, 0.1) is 23.7 Å². The third-order valence-corrected chi connectivity index (χ3v) is 4.97. The number of hydrogen-bond acceptors (Lipinski definition) is 1. The lowest BCUT2D eigenvalue weighted by Gasteiger charge is -2.40. The van der Waals surface area contributed by atoms with E-state index in [0.29, 0.717) is 38.5 Å². The molecular weight excluding hydrogens is 257 g/mol. The Labute approximate surface area is 111 Å². The quantitative estimate of drug-likeness (QED) is 0.820. The highest BCUT2D eigenvalue weighted by atomic mass is 19.4. The fourth-order valence-electron chi connectivity index (χ4n) is 3.92. The van der Waals surface area contributed by atoms with E-state index in [1.54, 1.807) is 0 Å². The summed E-state index contributed by atoms with van der Waals surface area (Å²) in [5, 5.41) is 8.94. The average Bonchev–Trinajstić information content (AvgIpc) is 2.38. The molecule has 0 bridgehead atoms. The predicted octanol–water partition coefficient (Wildman–Crippen LogP) is 4.25. The van der Waals surface area contributed by atoms with E-state index in [-0.39, 0.29) is 24.2 Å². The highest BCUT2D eigenvalue weighted by Gasteiger charge is 2.48. The van der Waals surface area contributed by atoms with Crippen LogP contribution in [0.4, 0.5) is 13.2 Å². The molecule has 2 nitrogen and oxygen atoms in total. The summed E-state index contributed by atoms with van der Waals surface area (Å²) < 4.78 is 39.2. The molecule has 0 amide bonds. The monoisotopic (exact) mass is 278 g/mol. The SMILES string of the molecule is O=C(O)C1CCC(C2CCCCC2C(F)(F)F)CC1. The Morgan fingerprint density at radius 1 is 0.947 bits per heavy atom. The van der Waals surface area contributed by atoms with Gasteiger partial charge in [0.25, 0.3) is 0 Å². The van der Waals surface area contributed by atoms with Crippen molar-refractivity contribution >= 4 is 5.97 Å². The topological polar surface area (TPSA) is 37.3 Å². The van der Waals surface area contributed by atoms with Gasteiger partial charge in [0.1, 0.15) is 0 Å². The molecule has 0 heterocycles. The average molecular weight is 278 g/mol. The molecule has 0 aromatic heterocycles. The summed E-state index contributed by atoms with van der Waals surface area (Å²) in [6.45, 7) is 0. The molecule has 0 aromatic carbocycles. The van der Waals surface area contributed by atoms with Crippen molar-refractivity contribution in [1.82, 2.24) is 0 Å². The maximum absolute atomic E-state index is 13.1. The number of rotatable bonds is 2. The van der Waals surface area contributed by atoms with Crippen LogP contribution in [0.15, 0.2) is 0 Å². The van der Waals surface area contributed by atoms with Crippen LogP contribution in [-0.4, -0.2) is 17.3 Å². The number of aliphatic carboxylic acids is 1. The molecule has 19 heavy (non-hydrogen) atoms. The lowest BCUT2D eigenvalue weighted by Crippen LogP contribution is -2.38. The maximum atomic E-state index is 13.1. The Kier molecular flexibility index (Phi) is 4.41. The first-order chi connectivity index (χ1) is 8.89. The number of hydrogen-bond donors (Lipinski definition) is 1. The van der Waals surface area contributed by atoms with Gasteiger partial charge < -0.3 is 5.11 Å². The summed E-state index contributed by atoms with van der Waals surface area (Å²) in [7, 11) is 0. The summed E-state index contributed by atoms with van der Waals surface area (Å²) in [4.78, 5) is 10.9. The minimum Gasteiger partial charge on any atom is -0.481 e. The van der Waals surface area contributed by atoms with Crippen molar-refractivity contribution in [2.75, 3.05) is 0 Å². The zero-order valence-electron chi connectivity index (χ0n) is 11.0. The van der Waals surface area contributed by atoms with Crippen LogP contribution in [0.5, 0.6) is 0 Å². The van der Waals surface area contributed by atoms with Gasteiger partial charge in [-0.25, -0.2) is 0 Å². The first-order valence-electron chi connectivity index (χ1n) is 7.19. The third-order valence-electron chi connectivity index (χ3n) is 4.97. The Bertz CT molecular complexity index is 319. The van der Waals surface area contributed by atoms with Gasteiger partial charge in [-0.15, -0.1) is 0 Å². The predicted molar refractivity (Wildman–Crippen MR) is 64.6 cm³/mol. The molecule has 2 aliphatic rings. The van der Waals surface area contributed by atoms with Crippen LogP contribution in [-0.2, 0) is 4.79 Å². The van der Waals surface area contributed by atoms with Crippen molar-refractivity contribution in [3.8, 4) is 0 Å². The molecule has 0 aliphatic heterocycles. The molecule has 2 fully saturated rings. The summed E-state index contributed by atoms with van der Waals surface area (Å²) in [5.41, 5.74) is 0. The van der Waals surface area contributed by atoms with Crippen molar-refractivity contribution < 1.29 is 23.1 Å². The Balaban J connectivity index is 1.98. The zero-order valence-corrected chi connectivity index (χ0v) is 11.0. The van der Waals surface area contributed by atoms with Gasteiger partial charge in [0.15, 0.2) is 0 Å².